The fourth-order valence-corrected chi connectivity index (χ4v) is 4.40. The van der Waals surface area contributed by atoms with Crippen LogP contribution in [0.2, 0.25) is 0 Å². The summed E-state index contributed by atoms with van der Waals surface area (Å²) in [5, 5.41) is 0. The third-order valence-corrected chi connectivity index (χ3v) is 7.26. The Morgan fingerprint density at radius 1 is 0.541 bits per heavy atom. The molecule has 0 aliphatic rings. The predicted molar refractivity (Wildman–Crippen MR) is 167 cm³/mol. The van der Waals surface area contributed by atoms with Crippen molar-refractivity contribution in [1.82, 2.24) is 0 Å². The van der Waals surface area contributed by atoms with Gasteiger partial charge in [-0.15, -0.1) is 0 Å². The fourth-order valence-electron chi connectivity index (χ4n) is 4.40. The Kier molecular flexibility index (Phi) is 10.1. The maximum Gasteiger partial charge on any atom is 0.0666 e. The maximum atomic E-state index is 5.43. The van der Waals surface area contributed by atoms with E-state index < -0.39 is 0 Å². The van der Waals surface area contributed by atoms with E-state index in [-0.39, 0.29) is 10.8 Å². The lowest BCUT2D eigenvalue weighted by Gasteiger charge is -2.29. The predicted octanol–water partition coefficient (Wildman–Crippen LogP) is 11.5. The molecule has 204 valence electrons. The van der Waals surface area contributed by atoms with Gasteiger partial charge in [0, 0.05) is 28.7 Å². The summed E-state index contributed by atoms with van der Waals surface area (Å²) in [7, 11) is 0. The van der Waals surface area contributed by atoms with Crippen molar-refractivity contribution in [2.45, 2.75) is 127 Å². The minimum absolute atomic E-state index is 0.0746. The molecule has 0 aliphatic heterocycles. The van der Waals surface area contributed by atoms with E-state index in [1.54, 1.807) is 0 Å². The molecule has 2 aromatic carbocycles. The van der Waals surface area contributed by atoms with Crippen LogP contribution < -0.4 is 0 Å². The van der Waals surface area contributed by atoms with Crippen molar-refractivity contribution in [2.75, 3.05) is 0 Å². The second-order valence-electron chi connectivity index (χ2n) is 14.0. The quantitative estimate of drug-likeness (QED) is 0.321. The van der Waals surface area contributed by atoms with Gasteiger partial charge in [-0.3, -0.25) is 9.98 Å². The first-order valence-electron chi connectivity index (χ1n) is 14.4. The highest BCUT2D eigenvalue weighted by atomic mass is 14.8. The first kappa shape index (κ1) is 31.0. The zero-order chi connectivity index (χ0) is 28.3. The molecule has 0 aliphatic carbocycles. The summed E-state index contributed by atoms with van der Waals surface area (Å²) >= 11 is 0. The molecule has 0 aromatic heterocycles. The third kappa shape index (κ3) is 8.39. The molecule has 2 nitrogen and oxygen atoms in total. The van der Waals surface area contributed by atoms with Gasteiger partial charge in [0.2, 0.25) is 0 Å². The lowest BCUT2D eigenvalue weighted by molar-refractivity contribution is 0.564. The Hall–Kier alpha value is -2.22. The van der Waals surface area contributed by atoms with Crippen LogP contribution >= 0.6 is 0 Å². The zero-order valence-corrected chi connectivity index (χ0v) is 26.4. The minimum Gasteiger partial charge on any atom is -0.257 e. The van der Waals surface area contributed by atoms with Crippen molar-refractivity contribution in [2.24, 2.45) is 20.8 Å². The largest absolute Gasteiger partial charge is 0.257 e. The Morgan fingerprint density at radius 2 is 0.865 bits per heavy atom. The third-order valence-electron chi connectivity index (χ3n) is 7.26. The van der Waals surface area contributed by atoms with E-state index in [1.165, 1.54) is 33.7 Å². The molecule has 0 unspecified atom stereocenters. The van der Waals surface area contributed by atoms with Crippen LogP contribution in [0, 0.1) is 10.8 Å². The van der Waals surface area contributed by atoms with Crippen LogP contribution in [0.15, 0.2) is 46.4 Å². The van der Waals surface area contributed by atoms with Crippen LogP contribution in [0.25, 0.3) is 0 Å². The van der Waals surface area contributed by atoms with Crippen molar-refractivity contribution < 1.29 is 0 Å². The summed E-state index contributed by atoms with van der Waals surface area (Å²) in [6.07, 6.45) is 0.764. The van der Waals surface area contributed by atoms with Gasteiger partial charge in [0.25, 0.3) is 0 Å². The highest BCUT2D eigenvalue weighted by Crippen LogP contribution is 2.36. The molecule has 0 heterocycles. The van der Waals surface area contributed by atoms with Crippen LogP contribution in [-0.4, -0.2) is 11.4 Å². The first-order chi connectivity index (χ1) is 16.9. The van der Waals surface area contributed by atoms with Gasteiger partial charge in [0.1, 0.15) is 0 Å². The van der Waals surface area contributed by atoms with Gasteiger partial charge in [-0.1, -0.05) is 121 Å². The lowest BCUT2D eigenvalue weighted by Crippen LogP contribution is -2.29. The molecule has 2 heteroatoms. The summed E-state index contributed by atoms with van der Waals surface area (Å²) in [4.78, 5) is 10.9. The number of benzene rings is 2. The molecule has 37 heavy (non-hydrogen) atoms. The molecule has 2 aromatic rings. The van der Waals surface area contributed by atoms with Gasteiger partial charge in [-0.25, -0.2) is 0 Å². The topological polar surface area (TPSA) is 24.7 Å². The molecular weight excluding hydrogens is 448 g/mol. The van der Waals surface area contributed by atoms with E-state index in [0.717, 1.165) is 17.8 Å². The molecule has 0 spiro atoms. The fraction of sp³-hybridized carbons (Fsp3) is 0.600. The van der Waals surface area contributed by atoms with Crippen LogP contribution in [0.1, 0.15) is 149 Å². The van der Waals surface area contributed by atoms with Crippen LogP contribution in [-0.2, 0) is 0 Å². The molecule has 0 saturated heterocycles. The van der Waals surface area contributed by atoms with E-state index in [1.807, 2.05) is 0 Å². The zero-order valence-electron chi connectivity index (χ0n) is 26.4. The van der Waals surface area contributed by atoms with E-state index in [4.69, 9.17) is 9.98 Å². The monoisotopic (exact) mass is 502 g/mol. The number of aliphatic imine (C=N–C) groups is 2. The molecule has 0 atom stereocenters. The number of nitrogens with zero attached hydrogens (tertiary/aromatic N) is 2. The van der Waals surface area contributed by atoms with Gasteiger partial charge in [-0.05, 0) is 58.1 Å². The molecule has 2 rings (SSSR count). The molecule has 0 fully saturated rings. The molecule has 0 saturated carbocycles. The van der Waals surface area contributed by atoms with Crippen molar-refractivity contribution >= 4 is 22.8 Å². The van der Waals surface area contributed by atoms with Gasteiger partial charge in [0.05, 0.1) is 11.4 Å². The van der Waals surface area contributed by atoms with Crippen LogP contribution in [0.3, 0.4) is 0 Å². The highest BCUT2D eigenvalue weighted by Gasteiger charge is 2.28. The van der Waals surface area contributed by atoms with Crippen molar-refractivity contribution in [3.05, 3.63) is 58.7 Å². The Morgan fingerprint density at radius 3 is 1.11 bits per heavy atom. The second kappa shape index (κ2) is 12.1. The normalized spacial score (nSPS) is 14.0. The molecule has 0 amide bonds. The van der Waals surface area contributed by atoms with Crippen molar-refractivity contribution in [1.29, 1.82) is 0 Å². The maximum absolute atomic E-state index is 5.43. The minimum atomic E-state index is -0.0746. The molecular formula is C35H54N2. The van der Waals surface area contributed by atoms with Crippen LogP contribution in [0.4, 0.5) is 11.4 Å². The summed E-state index contributed by atoms with van der Waals surface area (Å²) in [6.45, 7) is 31.8. The highest BCUT2D eigenvalue weighted by molar-refractivity contribution is 6.10. The Bertz CT molecular complexity index is 1020. The smallest absolute Gasteiger partial charge is 0.0666 e. The van der Waals surface area contributed by atoms with Crippen molar-refractivity contribution in [3.63, 3.8) is 0 Å². The van der Waals surface area contributed by atoms with E-state index in [0.29, 0.717) is 23.7 Å². The number of hydrogen-bond donors (Lipinski definition) is 0. The van der Waals surface area contributed by atoms with Gasteiger partial charge >= 0.3 is 0 Å². The summed E-state index contributed by atoms with van der Waals surface area (Å²) in [5.41, 5.74) is 9.77. The summed E-state index contributed by atoms with van der Waals surface area (Å²) in [5.74, 6) is 1.79. The summed E-state index contributed by atoms with van der Waals surface area (Å²) in [6, 6.07) is 13.7. The lowest BCUT2D eigenvalue weighted by atomic mass is 9.80. The van der Waals surface area contributed by atoms with Gasteiger partial charge in [-0.2, -0.15) is 0 Å². The molecule has 0 N–H and O–H groups in total. The Balaban J connectivity index is 2.75. The number of rotatable bonds is 8. The van der Waals surface area contributed by atoms with E-state index in [2.05, 4.69) is 133 Å². The number of hydrogen-bond acceptors (Lipinski definition) is 2. The summed E-state index contributed by atoms with van der Waals surface area (Å²) < 4.78 is 0. The van der Waals surface area contributed by atoms with Crippen LogP contribution in [0.5, 0.6) is 0 Å². The average Bonchev–Trinajstić information content (AvgIpc) is 2.76. The van der Waals surface area contributed by atoms with E-state index in [9.17, 15) is 0 Å². The van der Waals surface area contributed by atoms with E-state index >= 15 is 0 Å². The SMILES string of the molecule is CC(C)c1ccc(C(C)C)c(N=C(CC(=Nc2cc(C(C)C)ccc2C(C)C)C(C)(C)C)C(C)(C)C)c1. The standard InChI is InChI=1S/C35H54N2/c1-22(2)26-15-17-28(24(5)6)30(19-26)36-32(34(9,10)11)21-33(35(12,13)14)37-31-20-27(23(3)4)16-18-29(31)25(7)8/h15-20,22-25H,21H2,1-14H3. The molecule has 0 radical (unpaired) electrons. The van der Waals surface area contributed by atoms with Gasteiger partial charge < -0.3 is 0 Å². The average molecular weight is 503 g/mol. The first-order valence-corrected chi connectivity index (χ1v) is 14.4. The van der Waals surface area contributed by atoms with Crippen molar-refractivity contribution in [3.8, 4) is 0 Å². The van der Waals surface area contributed by atoms with Gasteiger partial charge in [0.15, 0.2) is 0 Å². The molecule has 0 bridgehead atoms. The Labute approximate surface area is 229 Å². The second-order valence-corrected chi connectivity index (χ2v) is 14.0.